The number of fused-ring (bicyclic) bond motifs is 1. The van der Waals surface area contributed by atoms with Gasteiger partial charge in [-0.1, -0.05) is 40.2 Å². The van der Waals surface area contributed by atoms with Gasteiger partial charge in [0.2, 0.25) is 5.62 Å². The average molecular weight is 388 g/mol. The largest absolute Gasteiger partial charge is 0.394 e. The summed E-state index contributed by atoms with van der Waals surface area (Å²) in [5.41, 5.74) is 3.28. The molecule has 1 N–H and O–H groups in total. The number of aryl methyl sites for hydroxylation is 1. The number of Topliss-reactive ketones (excluding diaryl/α,β-unsaturated/α-hetero) is 1. The van der Waals surface area contributed by atoms with Crippen molar-refractivity contribution in [3.63, 3.8) is 0 Å². The zero-order chi connectivity index (χ0) is 17.1. The first-order chi connectivity index (χ1) is 11.6. The van der Waals surface area contributed by atoms with Crippen LogP contribution in [-0.2, 0) is 13.6 Å². The van der Waals surface area contributed by atoms with E-state index in [1.165, 1.54) is 0 Å². The summed E-state index contributed by atoms with van der Waals surface area (Å²) in [5, 5.41) is 9.09. The van der Waals surface area contributed by atoms with Crippen LogP contribution in [0.1, 0.15) is 10.4 Å². The summed E-state index contributed by atoms with van der Waals surface area (Å²) in [6.07, 6.45) is 0. The maximum absolute atomic E-state index is 12.7. The molecule has 3 aromatic rings. The Morgan fingerprint density at radius 2 is 1.79 bits per heavy atom. The smallest absolute Gasteiger partial charge is 0.206 e. The Labute approximate surface area is 148 Å². The maximum atomic E-state index is 12.7. The molecule has 124 valence electrons. The molecule has 1 heterocycles. The van der Waals surface area contributed by atoms with Crippen molar-refractivity contribution in [1.82, 2.24) is 9.13 Å². The van der Waals surface area contributed by atoms with E-state index in [1.54, 1.807) is 0 Å². The van der Waals surface area contributed by atoms with E-state index in [0.29, 0.717) is 17.7 Å². The number of ketones is 1. The number of halogens is 1. The predicted molar refractivity (Wildman–Crippen MR) is 96.9 cm³/mol. The summed E-state index contributed by atoms with van der Waals surface area (Å²) in [4.78, 5) is 17.1. The predicted octanol–water partition coefficient (Wildman–Crippen LogP) is 2.52. The van der Waals surface area contributed by atoms with Crippen LogP contribution in [0.4, 0.5) is 0 Å². The number of aliphatic hydroxyl groups excluding tert-OH is 1. The molecule has 2 aromatic carbocycles. The summed E-state index contributed by atoms with van der Waals surface area (Å²) in [6, 6.07) is 15.2. The average Bonchev–Trinajstić information content (AvgIpc) is 2.86. The van der Waals surface area contributed by atoms with E-state index >= 15 is 0 Å². The fourth-order valence-corrected chi connectivity index (χ4v) is 3.00. The highest BCUT2D eigenvalue weighted by atomic mass is 79.9. The van der Waals surface area contributed by atoms with Crippen LogP contribution in [0.5, 0.6) is 0 Å². The van der Waals surface area contributed by atoms with Gasteiger partial charge in [0.25, 0.3) is 0 Å². The first kappa shape index (κ1) is 16.7. The van der Waals surface area contributed by atoms with E-state index in [1.807, 2.05) is 64.7 Å². The van der Waals surface area contributed by atoms with Gasteiger partial charge < -0.3 is 14.2 Å². The first-order valence-electron chi connectivity index (χ1n) is 7.66. The van der Waals surface area contributed by atoms with Crippen LogP contribution in [0.3, 0.4) is 0 Å². The van der Waals surface area contributed by atoms with Gasteiger partial charge in [-0.2, -0.15) is 0 Å². The van der Waals surface area contributed by atoms with Crippen LogP contribution in [-0.4, -0.2) is 33.2 Å². The van der Waals surface area contributed by atoms with Crippen molar-refractivity contribution in [3.05, 3.63) is 64.2 Å². The van der Waals surface area contributed by atoms with Gasteiger partial charge in [0.15, 0.2) is 5.78 Å². The minimum absolute atomic E-state index is 0.0179. The van der Waals surface area contributed by atoms with E-state index < -0.39 is 0 Å². The van der Waals surface area contributed by atoms with Gasteiger partial charge in [-0.15, -0.1) is 0 Å². The second-order valence-electron chi connectivity index (χ2n) is 5.47. The molecule has 0 spiro atoms. The standard InChI is InChI=1S/C18H18BrN3O2/c1-21-15-4-2-3-5-16(15)22(18(21)20-10-11-23)12-17(24)13-6-8-14(19)9-7-13/h2-9,23H,10-12H2,1H3. The molecule has 0 aliphatic heterocycles. The molecular weight excluding hydrogens is 370 g/mol. The zero-order valence-corrected chi connectivity index (χ0v) is 14.9. The molecule has 5 nitrogen and oxygen atoms in total. The van der Waals surface area contributed by atoms with Crippen molar-refractivity contribution in [2.24, 2.45) is 12.0 Å². The van der Waals surface area contributed by atoms with Crippen LogP contribution in [0, 0.1) is 0 Å². The molecule has 0 unspecified atom stereocenters. The normalized spacial score (nSPS) is 12.0. The number of aromatic nitrogens is 2. The van der Waals surface area contributed by atoms with E-state index in [9.17, 15) is 4.79 Å². The number of imidazole rings is 1. The van der Waals surface area contributed by atoms with Gasteiger partial charge in [-0.25, -0.2) is 4.99 Å². The Morgan fingerprint density at radius 3 is 2.46 bits per heavy atom. The SMILES string of the molecule is Cn1c(=NCCO)n(CC(=O)c2ccc(Br)cc2)c2ccccc21. The number of hydrogen-bond acceptors (Lipinski definition) is 3. The third-order valence-corrected chi connectivity index (χ3v) is 4.43. The lowest BCUT2D eigenvalue weighted by molar-refractivity contribution is 0.0971. The molecule has 1 aromatic heterocycles. The van der Waals surface area contributed by atoms with Crippen molar-refractivity contribution in [1.29, 1.82) is 0 Å². The fraction of sp³-hybridized carbons (Fsp3) is 0.222. The van der Waals surface area contributed by atoms with Gasteiger partial charge in [-0.3, -0.25) is 4.79 Å². The van der Waals surface area contributed by atoms with Crippen LogP contribution in [0.15, 0.2) is 58.0 Å². The van der Waals surface area contributed by atoms with E-state index in [-0.39, 0.29) is 18.9 Å². The third-order valence-electron chi connectivity index (χ3n) is 3.90. The summed E-state index contributed by atoms with van der Waals surface area (Å²) >= 11 is 3.38. The molecule has 0 radical (unpaired) electrons. The van der Waals surface area contributed by atoms with Crippen molar-refractivity contribution in [3.8, 4) is 0 Å². The molecule has 0 atom stereocenters. The lowest BCUT2D eigenvalue weighted by Gasteiger charge is -2.05. The highest BCUT2D eigenvalue weighted by Gasteiger charge is 2.13. The Bertz CT molecular complexity index is 939. The Hall–Kier alpha value is -2.18. The van der Waals surface area contributed by atoms with Gasteiger partial charge in [0, 0.05) is 17.1 Å². The van der Waals surface area contributed by atoms with Crippen molar-refractivity contribution >= 4 is 32.7 Å². The summed E-state index contributed by atoms with van der Waals surface area (Å²) in [6.45, 7) is 0.478. The molecule has 24 heavy (non-hydrogen) atoms. The third kappa shape index (κ3) is 3.20. The van der Waals surface area contributed by atoms with Gasteiger partial charge >= 0.3 is 0 Å². The zero-order valence-electron chi connectivity index (χ0n) is 13.3. The van der Waals surface area contributed by atoms with E-state index in [4.69, 9.17) is 5.11 Å². The molecule has 3 rings (SSSR count). The van der Waals surface area contributed by atoms with Crippen molar-refractivity contribution in [2.75, 3.05) is 13.2 Å². The molecular formula is C18H18BrN3O2. The lowest BCUT2D eigenvalue weighted by atomic mass is 10.1. The number of nitrogens with zero attached hydrogens (tertiary/aromatic N) is 3. The van der Waals surface area contributed by atoms with E-state index in [2.05, 4.69) is 20.9 Å². The minimum Gasteiger partial charge on any atom is -0.394 e. The second-order valence-corrected chi connectivity index (χ2v) is 6.38. The minimum atomic E-state index is -0.0256. The van der Waals surface area contributed by atoms with Crippen LogP contribution in [0.25, 0.3) is 11.0 Å². The summed E-state index contributed by atoms with van der Waals surface area (Å²) in [5.74, 6) is 0.0179. The molecule has 0 amide bonds. The molecule has 0 bridgehead atoms. The number of rotatable bonds is 5. The number of carbonyl (C=O) groups is 1. The number of para-hydroxylation sites is 2. The lowest BCUT2D eigenvalue weighted by Crippen LogP contribution is -2.28. The van der Waals surface area contributed by atoms with Crippen LogP contribution < -0.4 is 5.62 Å². The highest BCUT2D eigenvalue weighted by Crippen LogP contribution is 2.14. The number of hydrogen-bond donors (Lipinski definition) is 1. The number of carbonyl (C=O) groups excluding carboxylic acids is 1. The van der Waals surface area contributed by atoms with Gasteiger partial charge in [0.1, 0.15) is 0 Å². The van der Waals surface area contributed by atoms with Crippen LogP contribution >= 0.6 is 15.9 Å². The van der Waals surface area contributed by atoms with Crippen molar-refractivity contribution in [2.45, 2.75) is 6.54 Å². The van der Waals surface area contributed by atoms with Crippen molar-refractivity contribution < 1.29 is 9.90 Å². The van der Waals surface area contributed by atoms with Crippen LogP contribution in [0.2, 0.25) is 0 Å². The molecule has 0 saturated heterocycles. The molecule has 0 fully saturated rings. The van der Waals surface area contributed by atoms with E-state index in [0.717, 1.165) is 15.5 Å². The molecule has 0 saturated carbocycles. The van der Waals surface area contributed by atoms with Gasteiger partial charge in [0.05, 0.1) is 30.7 Å². The maximum Gasteiger partial charge on any atom is 0.206 e. The quantitative estimate of drug-likeness (QED) is 0.683. The monoisotopic (exact) mass is 387 g/mol. The topological polar surface area (TPSA) is 59.5 Å². The molecule has 6 heteroatoms. The summed E-state index contributed by atoms with van der Waals surface area (Å²) < 4.78 is 4.78. The fourth-order valence-electron chi connectivity index (χ4n) is 2.74. The number of aliphatic hydroxyl groups is 1. The Balaban J connectivity index is 2.07. The Morgan fingerprint density at radius 1 is 1.12 bits per heavy atom. The summed E-state index contributed by atoms with van der Waals surface area (Å²) in [7, 11) is 1.92. The number of benzene rings is 2. The second kappa shape index (κ2) is 7.15. The van der Waals surface area contributed by atoms with Gasteiger partial charge in [-0.05, 0) is 24.3 Å². The molecule has 0 aliphatic carbocycles. The molecule has 0 aliphatic rings. The highest BCUT2D eigenvalue weighted by molar-refractivity contribution is 9.10. The Kier molecular flexibility index (Phi) is 4.97. The first-order valence-corrected chi connectivity index (χ1v) is 8.45.